The van der Waals surface area contributed by atoms with E-state index in [2.05, 4.69) is 0 Å². The minimum atomic E-state index is -0.760. The first-order valence-corrected chi connectivity index (χ1v) is 8.55. The van der Waals surface area contributed by atoms with Crippen molar-refractivity contribution in [2.75, 3.05) is 0 Å². The Morgan fingerprint density at radius 2 is 1.64 bits per heavy atom. The molecule has 1 fully saturated rings. The molecule has 0 spiro atoms. The Bertz CT molecular complexity index is 755. The van der Waals surface area contributed by atoms with E-state index in [1.54, 1.807) is 0 Å². The van der Waals surface area contributed by atoms with E-state index >= 15 is 0 Å². The molecule has 4 heteroatoms. The third-order valence-electron chi connectivity index (χ3n) is 4.70. The summed E-state index contributed by atoms with van der Waals surface area (Å²) in [5, 5.41) is 0. The summed E-state index contributed by atoms with van der Waals surface area (Å²) in [6.45, 7) is 5.68. The van der Waals surface area contributed by atoms with Crippen LogP contribution in [-0.2, 0) is 9.53 Å². The largest absolute Gasteiger partial charge is 0.440 e. The highest BCUT2D eigenvalue weighted by Crippen LogP contribution is 2.41. The molecule has 25 heavy (non-hydrogen) atoms. The first-order chi connectivity index (χ1) is 11.9. The van der Waals surface area contributed by atoms with Crippen LogP contribution in [0.5, 0.6) is 0 Å². The molecule has 1 aliphatic rings. The van der Waals surface area contributed by atoms with Crippen LogP contribution in [0.15, 0.2) is 60.7 Å². The summed E-state index contributed by atoms with van der Waals surface area (Å²) in [6.07, 6.45) is -0.303. The van der Waals surface area contributed by atoms with Gasteiger partial charge in [-0.25, -0.2) is 9.69 Å². The smallest absolute Gasteiger partial charge is 0.417 e. The predicted molar refractivity (Wildman–Crippen MR) is 96.1 cm³/mol. The highest BCUT2D eigenvalue weighted by atomic mass is 16.6. The van der Waals surface area contributed by atoms with Gasteiger partial charge in [0.05, 0.1) is 0 Å². The van der Waals surface area contributed by atoms with Gasteiger partial charge in [-0.1, -0.05) is 67.6 Å². The Balaban J connectivity index is 1.86. The van der Waals surface area contributed by atoms with Crippen LogP contribution in [0.25, 0.3) is 0 Å². The molecule has 0 aliphatic carbocycles. The minimum Gasteiger partial charge on any atom is -0.440 e. The first-order valence-electron chi connectivity index (χ1n) is 8.55. The molecule has 2 aromatic carbocycles. The Morgan fingerprint density at radius 3 is 2.24 bits per heavy atom. The van der Waals surface area contributed by atoms with E-state index in [9.17, 15) is 9.59 Å². The number of nitrogens with zero attached hydrogens (tertiary/aromatic N) is 1. The summed E-state index contributed by atoms with van der Waals surface area (Å²) in [5.41, 5.74) is 1.22. The standard InChI is InChI=1S/C21H23NO3/c1-15(16-10-6-4-7-11-16)14-18(23)22-19(17-12-8-5-9-13-17)21(2,3)25-20(22)24/h4-13,15,19H,14H2,1-3H3/t15-,19-/m1/s1. The number of carbonyl (C=O) groups is 2. The summed E-state index contributed by atoms with van der Waals surface area (Å²) in [7, 11) is 0. The van der Waals surface area contributed by atoms with Crippen molar-refractivity contribution in [2.45, 2.75) is 44.8 Å². The topological polar surface area (TPSA) is 46.6 Å². The maximum atomic E-state index is 12.9. The third kappa shape index (κ3) is 3.43. The first kappa shape index (κ1) is 17.2. The monoisotopic (exact) mass is 337 g/mol. The van der Waals surface area contributed by atoms with Crippen LogP contribution in [0.3, 0.4) is 0 Å². The molecule has 4 nitrogen and oxygen atoms in total. The fourth-order valence-corrected chi connectivity index (χ4v) is 3.44. The van der Waals surface area contributed by atoms with Gasteiger partial charge in [0.1, 0.15) is 11.6 Å². The average molecular weight is 337 g/mol. The van der Waals surface area contributed by atoms with E-state index in [-0.39, 0.29) is 18.2 Å². The number of rotatable bonds is 4. The van der Waals surface area contributed by atoms with Crippen LogP contribution in [0.1, 0.15) is 50.3 Å². The van der Waals surface area contributed by atoms with Crippen molar-refractivity contribution in [2.24, 2.45) is 0 Å². The summed E-state index contributed by atoms with van der Waals surface area (Å²) in [4.78, 5) is 26.6. The highest BCUT2D eigenvalue weighted by Gasteiger charge is 2.51. The summed E-state index contributed by atoms with van der Waals surface area (Å²) in [5.74, 6) is -0.178. The van der Waals surface area contributed by atoms with Gasteiger partial charge in [-0.15, -0.1) is 0 Å². The predicted octanol–water partition coefficient (Wildman–Crippen LogP) is 4.68. The third-order valence-corrected chi connectivity index (χ3v) is 4.70. The van der Waals surface area contributed by atoms with Crippen molar-refractivity contribution in [3.05, 3.63) is 71.8 Å². The zero-order valence-electron chi connectivity index (χ0n) is 14.8. The Kier molecular flexibility index (Phi) is 4.62. The fraction of sp³-hybridized carbons (Fsp3) is 0.333. The number of hydrogen-bond acceptors (Lipinski definition) is 3. The number of cyclic esters (lactones) is 1. The average Bonchev–Trinajstić information content (AvgIpc) is 2.85. The molecule has 0 radical (unpaired) electrons. The van der Waals surface area contributed by atoms with Crippen LogP contribution in [-0.4, -0.2) is 22.5 Å². The fourth-order valence-electron chi connectivity index (χ4n) is 3.44. The molecule has 1 heterocycles. The highest BCUT2D eigenvalue weighted by molar-refractivity contribution is 5.94. The number of ether oxygens (including phenoxy) is 1. The molecule has 0 aromatic heterocycles. The zero-order chi connectivity index (χ0) is 18.0. The lowest BCUT2D eigenvalue weighted by molar-refractivity contribution is -0.130. The van der Waals surface area contributed by atoms with Crippen LogP contribution in [0.2, 0.25) is 0 Å². The van der Waals surface area contributed by atoms with Gasteiger partial charge in [0.25, 0.3) is 0 Å². The molecule has 1 saturated heterocycles. The zero-order valence-corrected chi connectivity index (χ0v) is 14.8. The van der Waals surface area contributed by atoms with Crippen molar-refractivity contribution < 1.29 is 14.3 Å². The van der Waals surface area contributed by atoms with E-state index in [1.807, 2.05) is 81.4 Å². The van der Waals surface area contributed by atoms with E-state index < -0.39 is 17.7 Å². The van der Waals surface area contributed by atoms with Gasteiger partial charge in [-0.3, -0.25) is 4.79 Å². The van der Waals surface area contributed by atoms with Crippen molar-refractivity contribution in [3.63, 3.8) is 0 Å². The SMILES string of the molecule is C[C@H](CC(=O)N1C(=O)OC(C)(C)[C@H]1c1ccccc1)c1ccccc1. The molecule has 0 N–H and O–H groups in total. The Morgan fingerprint density at radius 1 is 1.08 bits per heavy atom. The minimum absolute atomic E-state index is 0.0293. The van der Waals surface area contributed by atoms with Gasteiger partial charge in [-0.2, -0.15) is 0 Å². The van der Waals surface area contributed by atoms with E-state index in [0.29, 0.717) is 0 Å². The van der Waals surface area contributed by atoms with Crippen molar-refractivity contribution in [1.29, 1.82) is 0 Å². The molecule has 130 valence electrons. The molecule has 0 bridgehead atoms. The number of carbonyl (C=O) groups excluding carboxylic acids is 2. The number of amides is 2. The van der Waals surface area contributed by atoms with Crippen molar-refractivity contribution in [1.82, 2.24) is 4.90 Å². The van der Waals surface area contributed by atoms with Gasteiger partial charge in [0.2, 0.25) is 5.91 Å². The molecule has 1 aliphatic heterocycles. The van der Waals surface area contributed by atoms with Crippen LogP contribution >= 0.6 is 0 Å². The summed E-state index contributed by atoms with van der Waals surface area (Å²) >= 11 is 0. The van der Waals surface area contributed by atoms with Gasteiger partial charge >= 0.3 is 6.09 Å². The van der Waals surface area contributed by atoms with E-state index in [1.165, 1.54) is 4.90 Å². The van der Waals surface area contributed by atoms with Crippen molar-refractivity contribution in [3.8, 4) is 0 Å². The molecule has 2 aromatic rings. The number of imide groups is 1. The molecule has 2 amide bonds. The molecule has 2 atom stereocenters. The quantitative estimate of drug-likeness (QED) is 0.814. The van der Waals surface area contributed by atoms with E-state index in [4.69, 9.17) is 4.74 Å². The number of hydrogen-bond donors (Lipinski definition) is 0. The lowest BCUT2D eigenvalue weighted by atomic mass is 9.90. The molecular weight excluding hydrogens is 314 g/mol. The summed E-state index contributed by atoms with van der Waals surface area (Å²) < 4.78 is 5.50. The van der Waals surface area contributed by atoms with E-state index in [0.717, 1.165) is 11.1 Å². The van der Waals surface area contributed by atoms with Crippen molar-refractivity contribution >= 4 is 12.0 Å². The van der Waals surface area contributed by atoms with Crippen LogP contribution in [0.4, 0.5) is 4.79 Å². The molecule has 0 saturated carbocycles. The maximum absolute atomic E-state index is 12.9. The molecule has 3 rings (SSSR count). The van der Waals surface area contributed by atoms with Gasteiger partial charge in [0.15, 0.2) is 0 Å². The Labute approximate surface area is 148 Å². The summed E-state index contributed by atoms with van der Waals surface area (Å²) in [6, 6.07) is 19.0. The molecule has 0 unspecified atom stereocenters. The van der Waals surface area contributed by atoms with Crippen LogP contribution in [0, 0.1) is 0 Å². The second-order valence-corrected chi connectivity index (χ2v) is 7.06. The second-order valence-electron chi connectivity index (χ2n) is 7.06. The number of benzene rings is 2. The normalized spacial score (nSPS) is 20.2. The van der Waals surface area contributed by atoms with Gasteiger partial charge < -0.3 is 4.74 Å². The second kappa shape index (κ2) is 6.71. The lowest BCUT2D eigenvalue weighted by Crippen LogP contribution is -2.38. The van der Waals surface area contributed by atoms with Gasteiger partial charge in [-0.05, 0) is 30.9 Å². The van der Waals surface area contributed by atoms with Gasteiger partial charge in [0, 0.05) is 6.42 Å². The Hall–Kier alpha value is -2.62. The lowest BCUT2D eigenvalue weighted by Gasteiger charge is -2.28. The van der Waals surface area contributed by atoms with Crippen LogP contribution < -0.4 is 0 Å². The molecular formula is C21H23NO3. The maximum Gasteiger partial charge on any atom is 0.417 e.